The number of hydrogen-bond acceptors (Lipinski definition) is 4. The number of nitrogens with two attached hydrogens (primary N) is 1. The van der Waals surface area contributed by atoms with Crippen molar-refractivity contribution in [3.05, 3.63) is 29.8 Å². The fraction of sp³-hybridized carbons (Fsp3) is 0.600. The number of hydrogen-bond donors (Lipinski definition) is 2. The Morgan fingerprint density at radius 3 is 2.71 bits per heavy atom. The molecule has 0 amide bonds. The maximum Gasteiger partial charge on any atom is 0.240 e. The van der Waals surface area contributed by atoms with E-state index in [1.165, 1.54) is 0 Å². The van der Waals surface area contributed by atoms with Gasteiger partial charge in [-0.05, 0) is 30.5 Å². The number of unbranched alkanes of at least 4 members (excludes halogenated alkanes) is 1. The summed E-state index contributed by atoms with van der Waals surface area (Å²) in [6.07, 6.45) is 2.82. The summed E-state index contributed by atoms with van der Waals surface area (Å²) in [6, 6.07) is 6.64. The SMILES string of the molecule is CCCCOCCNS(=O)(=O)c1cccc(C(N)CC)c1. The number of nitrogens with one attached hydrogen (secondary N) is 1. The molecule has 0 radical (unpaired) electrons. The van der Waals surface area contributed by atoms with Crippen LogP contribution in [0.15, 0.2) is 29.2 Å². The minimum atomic E-state index is -3.50. The molecular formula is C15H26N2O3S. The van der Waals surface area contributed by atoms with Gasteiger partial charge in [0.25, 0.3) is 0 Å². The van der Waals surface area contributed by atoms with E-state index >= 15 is 0 Å². The first-order valence-electron chi connectivity index (χ1n) is 7.44. The van der Waals surface area contributed by atoms with Crippen molar-refractivity contribution >= 4 is 10.0 Å². The van der Waals surface area contributed by atoms with Gasteiger partial charge in [-0.25, -0.2) is 13.1 Å². The molecule has 0 spiro atoms. The lowest BCUT2D eigenvalue weighted by molar-refractivity contribution is 0.136. The van der Waals surface area contributed by atoms with E-state index in [0.29, 0.717) is 13.2 Å². The van der Waals surface area contributed by atoms with Crippen molar-refractivity contribution in [2.45, 2.75) is 44.0 Å². The highest BCUT2D eigenvalue weighted by Gasteiger charge is 2.15. The highest BCUT2D eigenvalue weighted by atomic mass is 32.2. The molecule has 3 N–H and O–H groups in total. The summed E-state index contributed by atoms with van der Waals surface area (Å²) in [5.74, 6) is 0. The van der Waals surface area contributed by atoms with Gasteiger partial charge in [-0.2, -0.15) is 0 Å². The molecule has 1 unspecified atom stereocenters. The van der Waals surface area contributed by atoms with Gasteiger partial charge < -0.3 is 10.5 Å². The fourth-order valence-corrected chi connectivity index (χ4v) is 2.90. The Labute approximate surface area is 127 Å². The molecular weight excluding hydrogens is 288 g/mol. The second kappa shape index (κ2) is 9.15. The van der Waals surface area contributed by atoms with Crippen LogP contribution in [0.2, 0.25) is 0 Å². The molecule has 1 aromatic rings. The first-order valence-corrected chi connectivity index (χ1v) is 8.92. The molecule has 1 aromatic carbocycles. The maximum absolute atomic E-state index is 12.2. The van der Waals surface area contributed by atoms with Crippen molar-refractivity contribution in [2.24, 2.45) is 5.73 Å². The van der Waals surface area contributed by atoms with Crippen molar-refractivity contribution in [1.29, 1.82) is 0 Å². The van der Waals surface area contributed by atoms with Crippen LogP contribution in [0.25, 0.3) is 0 Å². The van der Waals surface area contributed by atoms with Crippen LogP contribution in [-0.2, 0) is 14.8 Å². The summed E-state index contributed by atoms with van der Waals surface area (Å²) < 4.78 is 32.2. The van der Waals surface area contributed by atoms with E-state index < -0.39 is 10.0 Å². The molecule has 0 aliphatic rings. The van der Waals surface area contributed by atoms with Crippen LogP contribution in [0.1, 0.15) is 44.7 Å². The lowest BCUT2D eigenvalue weighted by Gasteiger charge is -2.12. The van der Waals surface area contributed by atoms with Crippen LogP contribution < -0.4 is 10.5 Å². The average Bonchev–Trinajstić information content (AvgIpc) is 2.50. The monoisotopic (exact) mass is 314 g/mol. The molecule has 1 atom stereocenters. The molecule has 21 heavy (non-hydrogen) atoms. The maximum atomic E-state index is 12.2. The quantitative estimate of drug-likeness (QED) is 0.649. The van der Waals surface area contributed by atoms with E-state index in [9.17, 15) is 8.42 Å². The Morgan fingerprint density at radius 1 is 1.29 bits per heavy atom. The van der Waals surface area contributed by atoms with Crippen LogP contribution in [0.3, 0.4) is 0 Å². The summed E-state index contributed by atoms with van der Waals surface area (Å²) >= 11 is 0. The van der Waals surface area contributed by atoms with Gasteiger partial charge in [-0.1, -0.05) is 32.4 Å². The normalized spacial score (nSPS) is 13.3. The van der Waals surface area contributed by atoms with Crippen LogP contribution >= 0.6 is 0 Å². The van der Waals surface area contributed by atoms with E-state index in [-0.39, 0.29) is 17.5 Å². The van der Waals surface area contributed by atoms with Gasteiger partial charge in [0, 0.05) is 19.2 Å². The molecule has 0 aliphatic heterocycles. The molecule has 5 nitrogen and oxygen atoms in total. The van der Waals surface area contributed by atoms with E-state index in [0.717, 1.165) is 24.8 Å². The zero-order chi connectivity index (χ0) is 15.7. The molecule has 0 heterocycles. The van der Waals surface area contributed by atoms with Crippen molar-refractivity contribution < 1.29 is 13.2 Å². The van der Waals surface area contributed by atoms with Crippen molar-refractivity contribution in [3.63, 3.8) is 0 Å². The number of ether oxygens (including phenoxy) is 1. The summed E-state index contributed by atoms with van der Waals surface area (Å²) in [5.41, 5.74) is 6.77. The predicted molar refractivity (Wildman–Crippen MR) is 84.6 cm³/mol. The van der Waals surface area contributed by atoms with E-state index in [4.69, 9.17) is 10.5 Å². The van der Waals surface area contributed by atoms with Crippen molar-refractivity contribution in [1.82, 2.24) is 4.72 Å². The fourth-order valence-electron chi connectivity index (χ4n) is 1.83. The molecule has 0 fully saturated rings. The Kier molecular flexibility index (Phi) is 7.88. The number of benzene rings is 1. The van der Waals surface area contributed by atoms with E-state index in [1.807, 2.05) is 13.0 Å². The third-order valence-electron chi connectivity index (χ3n) is 3.22. The lowest BCUT2D eigenvalue weighted by atomic mass is 10.1. The highest BCUT2D eigenvalue weighted by Crippen LogP contribution is 2.18. The molecule has 1 rings (SSSR count). The number of rotatable bonds is 10. The van der Waals surface area contributed by atoms with Crippen LogP contribution in [0.4, 0.5) is 0 Å². The minimum Gasteiger partial charge on any atom is -0.380 e. The second-order valence-corrected chi connectivity index (χ2v) is 6.72. The zero-order valence-electron chi connectivity index (χ0n) is 12.8. The summed E-state index contributed by atoms with van der Waals surface area (Å²) in [7, 11) is -3.50. The predicted octanol–water partition coefficient (Wildman–Crippen LogP) is 2.19. The van der Waals surface area contributed by atoms with Gasteiger partial charge in [-0.15, -0.1) is 0 Å². The Balaban J connectivity index is 2.58. The molecule has 120 valence electrons. The van der Waals surface area contributed by atoms with Crippen LogP contribution in [-0.4, -0.2) is 28.2 Å². The lowest BCUT2D eigenvalue weighted by Crippen LogP contribution is -2.27. The van der Waals surface area contributed by atoms with Gasteiger partial charge in [0.1, 0.15) is 0 Å². The highest BCUT2D eigenvalue weighted by molar-refractivity contribution is 7.89. The molecule has 0 bridgehead atoms. The third-order valence-corrected chi connectivity index (χ3v) is 4.68. The van der Waals surface area contributed by atoms with Crippen molar-refractivity contribution in [2.75, 3.05) is 19.8 Å². The molecule has 0 aliphatic carbocycles. The first-order chi connectivity index (χ1) is 10.0. The molecule has 0 saturated heterocycles. The average molecular weight is 314 g/mol. The summed E-state index contributed by atoms with van der Waals surface area (Å²) in [5, 5.41) is 0. The zero-order valence-corrected chi connectivity index (χ0v) is 13.7. The van der Waals surface area contributed by atoms with Gasteiger partial charge >= 0.3 is 0 Å². The Bertz CT molecular complexity index is 517. The van der Waals surface area contributed by atoms with Gasteiger partial charge in [-0.3, -0.25) is 0 Å². The topological polar surface area (TPSA) is 81.4 Å². The Morgan fingerprint density at radius 2 is 2.05 bits per heavy atom. The van der Waals surface area contributed by atoms with E-state index in [1.54, 1.807) is 18.2 Å². The summed E-state index contributed by atoms with van der Waals surface area (Å²) in [4.78, 5) is 0.248. The molecule has 0 saturated carbocycles. The van der Waals surface area contributed by atoms with E-state index in [2.05, 4.69) is 11.6 Å². The van der Waals surface area contributed by atoms with Crippen LogP contribution in [0.5, 0.6) is 0 Å². The van der Waals surface area contributed by atoms with Gasteiger partial charge in [0.15, 0.2) is 0 Å². The second-order valence-electron chi connectivity index (χ2n) is 4.95. The molecule has 0 aromatic heterocycles. The van der Waals surface area contributed by atoms with Gasteiger partial charge in [0.2, 0.25) is 10.0 Å². The third kappa shape index (κ3) is 6.13. The molecule has 6 heteroatoms. The largest absolute Gasteiger partial charge is 0.380 e. The summed E-state index contributed by atoms with van der Waals surface area (Å²) in [6.45, 7) is 5.38. The number of sulfonamides is 1. The standard InChI is InChI=1S/C15H26N2O3S/c1-3-5-10-20-11-9-17-21(18,19)14-8-6-7-13(12-14)15(16)4-2/h6-8,12,15,17H,3-5,9-11,16H2,1-2H3. The van der Waals surface area contributed by atoms with Crippen LogP contribution in [0, 0.1) is 0 Å². The smallest absolute Gasteiger partial charge is 0.240 e. The van der Waals surface area contributed by atoms with Gasteiger partial charge in [0.05, 0.1) is 11.5 Å². The minimum absolute atomic E-state index is 0.141. The van der Waals surface area contributed by atoms with Crippen molar-refractivity contribution in [3.8, 4) is 0 Å². The Hall–Kier alpha value is -0.950. The first kappa shape index (κ1) is 18.1.